The molecule has 0 atom stereocenters. The lowest BCUT2D eigenvalue weighted by Crippen LogP contribution is -2.19. The summed E-state index contributed by atoms with van der Waals surface area (Å²) in [6.07, 6.45) is 3.93. The van der Waals surface area contributed by atoms with Crippen LogP contribution in [0, 0.1) is 0 Å². The lowest BCUT2D eigenvalue weighted by Gasteiger charge is -2.11. The molecule has 1 fully saturated rings. The monoisotopic (exact) mass is 168 g/mol. The van der Waals surface area contributed by atoms with Crippen molar-refractivity contribution < 1.29 is 9.52 Å². The minimum absolute atomic E-state index is 0.0536. The fourth-order valence-corrected chi connectivity index (χ4v) is 1.15. The van der Waals surface area contributed by atoms with Gasteiger partial charge in [0, 0.05) is 13.1 Å². The molecule has 0 aliphatic heterocycles. The summed E-state index contributed by atoms with van der Waals surface area (Å²) < 4.78 is 5.17. The van der Waals surface area contributed by atoms with Crippen LogP contribution in [0.5, 0.6) is 0 Å². The molecule has 0 aromatic carbocycles. The Hall–Kier alpha value is -1.03. The van der Waals surface area contributed by atoms with Crippen LogP contribution in [0.4, 0.5) is 6.01 Å². The van der Waals surface area contributed by atoms with E-state index in [0.29, 0.717) is 17.8 Å². The van der Waals surface area contributed by atoms with Crippen molar-refractivity contribution >= 4 is 6.01 Å². The minimum Gasteiger partial charge on any atom is -0.432 e. The number of nitrogens with zero attached hydrogens (tertiary/aromatic N) is 2. The van der Waals surface area contributed by atoms with Gasteiger partial charge in [0.05, 0.1) is 6.61 Å². The molecule has 1 saturated carbocycles. The van der Waals surface area contributed by atoms with Crippen LogP contribution in [-0.4, -0.2) is 23.2 Å². The molecule has 4 nitrogen and oxygen atoms in total. The molecule has 1 aliphatic carbocycles. The first-order valence-electron chi connectivity index (χ1n) is 4.09. The Balaban J connectivity index is 2.10. The van der Waals surface area contributed by atoms with Gasteiger partial charge in [-0.15, -0.1) is 0 Å². The Labute approximate surface area is 70.8 Å². The molecule has 0 amide bonds. The van der Waals surface area contributed by atoms with Crippen molar-refractivity contribution in [2.75, 3.05) is 11.9 Å². The summed E-state index contributed by atoms with van der Waals surface area (Å²) in [5, 5.41) is 8.75. The van der Waals surface area contributed by atoms with Crippen molar-refractivity contribution in [1.82, 2.24) is 4.98 Å². The molecule has 0 unspecified atom stereocenters. The van der Waals surface area contributed by atoms with Gasteiger partial charge in [0.2, 0.25) is 0 Å². The number of hydrogen-bond donors (Lipinski definition) is 1. The highest BCUT2D eigenvalue weighted by Crippen LogP contribution is 2.29. The molecule has 2 rings (SSSR count). The minimum atomic E-state index is -0.0536. The van der Waals surface area contributed by atoms with Crippen molar-refractivity contribution in [3.63, 3.8) is 0 Å². The average molecular weight is 168 g/mol. The topological polar surface area (TPSA) is 49.5 Å². The van der Waals surface area contributed by atoms with Crippen LogP contribution in [0.2, 0.25) is 0 Å². The van der Waals surface area contributed by atoms with Crippen molar-refractivity contribution in [3.8, 4) is 0 Å². The second-order valence-corrected chi connectivity index (χ2v) is 3.12. The van der Waals surface area contributed by atoms with E-state index in [2.05, 4.69) is 4.98 Å². The molecule has 0 bridgehead atoms. The molecular formula is C8H12N2O2. The van der Waals surface area contributed by atoms with E-state index < -0.39 is 0 Å². The van der Waals surface area contributed by atoms with Gasteiger partial charge in [0.15, 0.2) is 0 Å². The summed E-state index contributed by atoms with van der Waals surface area (Å²) in [5.74, 6) is 0. The first-order chi connectivity index (χ1) is 5.81. The molecule has 1 aromatic rings. The summed E-state index contributed by atoms with van der Waals surface area (Å²) in [4.78, 5) is 6.11. The first-order valence-corrected chi connectivity index (χ1v) is 4.09. The van der Waals surface area contributed by atoms with Crippen LogP contribution >= 0.6 is 0 Å². The Morgan fingerprint density at radius 2 is 2.50 bits per heavy atom. The van der Waals surface area contributed by atoms with E-state index in [1.807, 2.05) is 11.9 Å². The van der Waals surface area contributed by atoms with E-state index in [-0.39, 0.29) is 6.61 Å². The zero-order chi connectivity index (χ0) is 8.55. The van der Waals surface area contributed by atoms with Gasteiger partial charge >= 0.3 is 0 Å². The predicted molar refractivity (Wildman–Crippen MR) is 43.9 cm³/mol. The third kappa shape index (κ3) is 1.30. The summed E-state index contributed by atoms with van der Waals surface area (Å²) >= 11 is 0. The van der Waals surface area contributed by atoms with Gasteiger partial charge in [-0.1, -0.05) is 0 Å². The number of rotatable bonds is 3. The fourth-order valence-electron chi connectivity index (χ4n) is 1.15. The van der Waals surface area contributed by atoms with Gasteiger partial charge in [0.1, 0.15) is 12.0 Å². The normalized spacial score (nSPS) is 16.5. The van der Waals surface area contributed by atoms with Crippen LogP contribution in [0.1, 0.15) is 18.5 Å². The van der Waals surface area contributed by atoms with E-state index >= 15 is 0 Å². The molecule has 12 heavy (non-hydrogen) atoms. The number of hydrogen-bond acceptors (Lipinski definition) is 4. The van der Waals surface area contributed by atoms with E-state index in [0.717, 1.165) is 0 Å². The van der Waals surface area contributed by atoms with Crippen LogP contribution in [-0.2, 0) is 6.61 Å². The standard InChI is InChI=1S/C8H12N2O2/c1-10(7-2-3-7)8-9-6(4-11)5-12-8/h5,7,11H,2-4H2,1H3. The van der Waals surface area contributed by atoms with Crippen molar-refractivity contribution in [1.29, 1.82) is 0 Å². The van der Waals surface area contributed by atoms with Crippen LogP contribution in [0.3, 0.4) is 0 Å². The Morgan fingerprint density at radius 3 is 3.00 bits per heavy atom. The Kier molecular flexibility index (Phi) is 1.77. The zero-order valence-corrected chi connectivity index (χ0v) is 7.03. The highest BCUT2D eigenvalue weighted by molar-refractivity contribution is 5.29. The van der Waals surface area contributed by atoms with E-state index in [1.54, 1.807) is 0 Å². The molecule has 0 radical (unpaired) electrons. The number of anilines is 1. The van der Waals surface area contributed by atoms with Gasteiger partial charge < -0.3 is 14.4 Å². The molecule has 66 valence electrons. The highest BCUT2D eigenvalue weighted by atomic mass is 16.4. The lowest BCUT2D eigenvalue weighted by molar-refractivity contribution is 0.276. The van der Waals surface area contributed by atoms with Crippen molar-refractivity contribution in [3.05, 3.63) is 12.0 Å². The van der Waals surface area contributed by atoms with E-state index in [1.165, 1.54) is 19.1 Å². The first kappa shape index (κ1) is 7.61. The second-order valence-electron chi connectivity index (χ2n) is 3.12. The molecule has 1 N–H and O–H groups in total. The molecule has 1 aromatic heterocycles. The van der Waals surface area contributed by atoms with Gasteiger partial charge in [0.25, 0.3) is 6.01 Å². The summed E-state index contributed by atoms with van der Waals surface area (Å²) in [6.45, 7) is -0.0536. The summed E-state index contributed by atoms with van der Waals surface area (Å²) in [7, 11) is 1.96. The third-order valence-electron chi connectivity index (χ3n) is 2.10. The van der Waals surface area contributed by atoms with Crippen molar-refractivity contribution in [2.45, 2.75) is 25.5 Å². The smallest absolute Gasteiger partial charge is 0.297 e. The molecule has 1 aliphatic rings. The fraction of sp³-hybridized carbons (Fsp3) is 0.625. The Bertz CT molecular complexity index is 268. The van der Waals surface area contributed by atoms with Crippen LogP contribution in [0.25, 0.3) is 0 Å². The maximum absolute atomic E-state index is 8.75. The van der Waals surface area contributed by atoms with Gasteiger partial charge in [-0.3, -0.25) is 0 Å². The molecule has 4 heteroatoms. The lowest BCUT2D eigenvalue weighted by atomic mass is 10.5. The Morgan fingerprint density at radius 1 is 1.75 bits per heavy atom. The van der Waals surface area contributed by atoms with E-state index in [4.69, 9.17) is 9.52 Å². The third-order valence-corrected chi connectivity index (χ3v) is 2.10. The van der Waals surface area contributed by atoms with Gasteiger partial charge in [-0.05, 0) is 12.8 Å². The van der Waals surface area contributed by atoms with E-state index in [9.17, 15) is 0 Å². The zero-order valence-electron chi connectivity index (χ0n) is 7.03. The quantitative estimate of drug-likeness (QED) is 0.724. The SMILES string of the molecule is CN(c1nc(CO)co1)C1CC1. The number of aromatic nitrogens is 1. The highest BCUT2D eigenvalue weighted by Gasteiger charge is 2.28. The molecule has 1 heterocycles. The number of aliphatic hydroxyl groups excluding tert-OH is 1. The van der Waals surface area contributed by atoms with Crippen molar-refractivity contribution in [2.24, 2.45) is 0 Å². The van der Waals surface area contributed by atoms with Gasteiger partial charge in [-0.25, -0.2) is 0 Å². The molecule has 0 spiro atoms. The summed E-state index contributed by atoms with van der Waals surface area (Å²) in [5.41, 5.74) is 0.595. The largest absolute Gasteiger partial charge is 0.432 e. The molecular weight excluding hydrogens is 156 g/mol. The maximum atomic E-state index is 8.75. The predicted octanol–water partition coefficient (Wildman–Crippen LogP) is 0.765. The maximum Gasteiger partial charge on any atom is 0.297 e. The van der Waals surface area contributed by atoms with Crippen LogP contribution < -0.4 is 4.90 Å². The number of aliphatic hydroxyl groups is 1. The van der Waals surface area contributed by atoms with Crippen LogP contribution in [0.15, 0.2) is 10.7 Å². The summed E-state index contributed by atoms with van der Waals surface area (Å²) in [6, 6.07) is 1.21. The average Bonchev–Trinajstić information content (AvgIpc) is 2.82. The molecule has 0 saturated heterocycles. The second kappa shape index (κ2) is 2.79. The van der Waals surface area contributed by atoms with Gasteiger partial charge in [-0.2, -0.15) is 4.98 Å². The number of oxazole rings is 1.